The van der Waals surface area contributed by atoms with Crippen LogP contribution in [0.15, 0.2) is 54.6 Å². The number of amides is 1. The second-order valence-corrected chi connectivity index (χ2v) is 5.98. The Bertz CT molecular complexity index is 909. The summed E-state index contributed by atoms with van der Waals surface area (Å²) in [6, 6.07) is 17.2. The highest BCUT2D eigenvalue weighted by Gasteiger charge is 2.19. The molecule has 0 saturated heterocycles. The van der Waals surface area contributed by atoms with Crippen LogP contribution in [0.4, 0.5) is 0 Å². The van der Waals surface area contributed by atoms with Crippen molar-refractivity contribution in [3.8, 4) is 11.4 Å². The molecule has 0 fully saturated rings. The van der Waals surface area contributed by atoms with Gasteiger partial charge in [-0.05, 0) is 24.6 Å². The minimum absolute atomic E-state index is 0.233. The maximum absolute atomic E-state index is 12.6. The average Bonchev–Trinajstić information content (AvgIpc) is 3.10. The highest BCUT2D eigenvalue weighted by molar-refractivity contribution is 5.93. The van der Waals surface area contributed by atoms with E-state index in [4.69, 9.17) is 9.47 Å². The summed E-state index contributed by atoms with van der Waals surface area (Å²) >= 11 is 0. The fourth-order valence-electron chi connectivity index (χ4n) is 2.80. The number of ether oxygens (including phenoxy) is 2. The van der Waals surface area contributed by atoms with Gasteiger partial charge in [0.05, 0.1) is 24.6 Å². The topological polar surface area (TPSA) is 78.3 Å². The third-order valence-electron chi connectivity index (χ3n) is 4.31. The minimum Gasteiger partial charge on any atom is -0.497 e. The Kier molecular flexibility index (Phi) is 5.83. The van der Waals surface area contributed by atoms with E-state index in [9.17, 15) is 4.79 Å². The second-order valence-electron chi connectivity index (χ2n) is 5.98. The van der Waals surface area contributed by atoms with Crippen LogP contribution in [0.3, 0.4) is 0 Å². The Hall–Kier alpha value is -3.19. The molecule has 0 bridgehead atoms. The molecule has 2 aromatic carbocycles. The van der Waals surface area contributed by atoms with E-state index in [0.29, 0.717) is 18.0 Å². The van der Waals surface area contributed by atoms with E-state index in [-0.39, 0.29) is 17.7 Å². The molecule has 1 amide bonds. The van der Waals surface area contributed by atoms with E-state index in [1.807, 2.05) is 54.6 Å². The number of benzene rings is 2. The number of nitrogens with zero attached hydrogens (tertiary/aromatic N) is 3. The summed E-state index contributed by atoms with van der Waals surface area (Å²) in [4.78, 5) is 12.6. The van der Waals surface area contributed by atoms with Crippen molar-refractivity contribution in [1.29, 1.82) is 0 Å². The number of methoxy groups -OCH3 is 2. The summed E-state index contributed by atoms with van der Waals surface area (Å²) in [6.07, 6.45) is -0.233. The largest absolute Gasteiger partial charge is 0.497 e. The van der Waals surface area contributed by atoms with Crippen molar-refractivity contribution < 1.29 is 14.3 Å². The van der Waals surface area contributed by atoms with E-state index in [1.165, 1.54) is 0 Å². The molecule has 7 heteroatoms. The van der Waals surface area contributed by atoms with Crippen LogP contribution < -0.4 is 10.1 Å². The zero-order valence-corrected chi connectivity index (χ0v) is 15.5. The highest BCUT2D eigenvalue weighted by atomic mass is 16.5. The van der Waals surface area contributed by atoms with Crippen molar-refractivity contribution in [2.75, 3.05) is 20.8 Å². The smallest absolute Gasteiger partial charge is 0.273 e. The number of hydrogen-bond donors (Lipinski definition) is 1. The van der Waals surface area contributed by atoms with Crippen molar-refractivity contribution in [3.63, 3.8) is 0 Å². The molecule has 0 aliphatic heterocycles. The van der Waals surface area contributed by atoms with E-state index in [1.54, 1.807) is 25.8 Å². The molecule has 0 radical (unpaired) electrons. The molecule has 1 unspecified atom stereocenters. The van der Waals surface area contributed by atoms with Gasteiger partial charge in [-0.1, -0.05) is 41.6 Å². The molecule has 27 heavy (non-hydrogen) atoms. The Morgan fingerprint density at radius 2 is 1.93 bits per heavy atom. The third kappa shape index (κ3) is 4.15. The lowest BCUT2D eigenvalue weighted by Gasteiger charge is -2.16. The Morgan fingerprint density at radius 3 is 2.63 bits per heavy atom. The zero-order valence-electron chi connectivity index (χ0n) is 15.5. The lowest BCUT2D eigenvalue weighted by Crippen LogP contribution is -2.30. The fraction of sp³-hybridized carbons (Fsp3) is 0.250. The van der Waals surface area contributed by atoms with Gasteiger partial charge in [-0.2, -0.15) is 0 Å². The van der Waals surface area contributed by atoms with Gasteiger partial charge in [-0.3, -0.25) is 4.79 Å². The van der Waals surface area contributed by atoms with Crippen LogP contribution in [0.25, 0.3) is 5.69 Å². The van der Waals surface area contributed by atoms with Gasteiger partial charge >= 0.3 is 0 Å². The monoisotopic (exact) mass is 366 g/mol. The lowest BCUT2D eigenvalue weighted by molar-refractivity contribution is 0.0823. The van der Waals surface area contributed by atoms with Gasteiger partial charge in [0.2, 0.25) is 0 Å². The molecule has 140 valence electrons. The Labute approximate surface area is 157 Å². The first-order valence-corrected chi connectivity index (χ1v) is 8.56. The summed E-state index contributed by atoms with van der Waals surface area (Å²) in [5.74, 6) is 0.416. The van der Waals surface area contributed by atoms with Crippen LogP contribution in [0.2, 0.25) is 0 Å². The van der Waals surface area contributed by atoms with E-state index < -0.39 is 0 Å². The zero-order chi connectivity index (χ0) is 19.2. The number of nitrogens with one attached hydrogen (secondary N) is 1. The van der Waals surface area contributed by atoms with Crippen LogP contribution >= 0.6 is 0 Å². The molecule has 3 rings (SSSR count). The number of aromatic nitrogens is 3. The third-order valence-corrected chi connectivity index (χ3v) is 4.31. The van der Waals surface area contributed by atoms with Crippen LogP contribution in [-0.4, -0.2) is 41.7 Å². The predicted octanol–water partition coefficient (Wildman–Crippen LogP) is 2.70. The number of hydrogen-bond acceptors (Lipinski definition) is 5. The molecular formula is C20H22N4O3. The molecule has 1 atom stereocenters. The normalized spacial score (nSPS) is 11.8. The first kappa shape index (κ1) is 18.6. The van der Waals surface area contributed by atoms with Gasteiger partial charge in [-0.25, -0.2) is 4.68 Å². The van der Waals surface area contributed by atoms with Gasteiger partial charge in [0, 0.05) is 19.7 Å². The van der Waals surface area contributed by atoms with E-state index in [0.717, 1.165) is 11.3 Å². The van der Waals surface area contributed by atoms with Gasteiger partial charge in [0.15, 0.2) is 5.69 Å². The summed E-state index contributed by atoms with van der Waals surface area (Å²) in [7, 11) is 3.22. The highest BCUT2D eigenvalue weighted by Crippen LogP contribution is 2.19. The molecule has 0 aliphatic rings. The molecule has 1 heterocycles. The van der Waals surface area contributed by atoms with Gasteiger partial charge < -0.3 is 14.8 Å². The van der Waals surface area contributed by atoms with E-state index in [2.05, 4.69) is 15.6 Å². The molecule has 1 N–H and O–H groups in total. The quantitative estimate of drug-likeness (QED) is 0.696. The molecule has 3 aromatic rings. The summed E-state index contributed by atoms with van der Waals surface area (Å²) in [5, 5.41) is 11.0. The fourth-order valence-corrected chi connectivity index (χ4v) is 2.80. The molecular weight excluding hydrogens is 344 g/mol. The molecule has 0 aliphatic carbocycles. The van der Waals surface area contributed by atoms with Crippen molar-refractivity contribution >= 4 is 5.91 Å². The van der Waals surface area contributed by atoms with Gasteiger partial charge in [0.25, 0.3) is 5.91 Å². The summed E-state index contributed by atoms with van der Waals surface area (Å²) in [5.41, 5.74) is 2.70. The predicted molar refractivity (Wildman–Crippen MR) is 101 cm³/mol. The van der Waals surface area contributed by atoms with Gasteiger partial charge in [0.1, 0.15) is 5.75 Å². The van der Waals surface area contributed by atoms with Gasteiger partial charge in [-0.15, -0.1) is 5.10 Å². The number of carbonyl (C=O) groups is 1. The first-order valence-electron chi connectivity index (χ1n) is 8.56. The molecule has 7 nitrogen and oxygen atoms in total. The summed E-state index contributed by atoms with van der Waals surface area (Å²) in [6.45, 7) is 2.14. The number of carbonyl (C=O) groups excluding carboxylic acids is 1. The Morgan fingerprint density at radius 1 is 1.15 bits per heavy atom. The van der Waals surface area contributed by atoms with Crippen LogP contribution in [-0.2, 0) is 4.74 Å². The standard InChI is InChI=1S/C20H22N4O3/c1-14-19(22-23-24(14)16-10-7-11-17(12-16)26-2)20(25)21-13-18(27-3)15-8-5-4-6-9-15/h4-12,18H,13H2,1-3H3,(H,21,25). The van der Waals surface area contributed by atoms with Crippen LogP contribution in [0, 0.1) is 6.92 Å². The van der Waals surface area contributed by atoms with Crippen molar-refractivity contribution in [3.05, 3.63) is 71.5 Å². The SMILES string of the molecule is COc1cccc(-n2nnc(C(=O)NCC(OC)c3ccccc3)c2C)c1. The maximum atomic E-state index is 12.6. The number of rotatable bonds is 7. The maximum Gasteiger partial charge on any atom is 0.273 e. The van der Waals surface area contributed by atoms with Crippen molar-refractivity contribution in [2.24, 2.45) is 0 Å². The average molecular weight is 366 g/mol. The van der Waals surface area contributed by atoms with Crippen molar-refractivity contribution in [2.45, 2.75) is 13.0 Å². The van der Waals surface area contributed by atoms with Crippen LogP contribution in [0.1, 0.15) is 27.8 Å². The molecule has 0 spiro atoms. The lowest BCUT2D eigenvalue weighted by atomic mass is 10.1. The second kappa shape index (κ2) is 8.46. The Balaban J connectivity index is 1.73. The summed E-state index contributed by atoms with van der Waals surface area (Å²) < 4.78 is 12.3. The molecule has 1 aromatic heterocycles. The van der Waals surface area contributed by atoms with Crippen molar-refractivity contribution in [1.82, 2.24) is 20.3 Å². The first-order chi connectivity index (χ1) is 13.1. The minimum atomic E-state index is -0.292. The molecule has 0 saturated carbocycles. The van der Waals surface area contributed by atoms with E-state index >= 15 is 0 Å². The van der Waals surface area contributed by atoms with Crippen LogP contribution in [0.5, 0.6) is 5.75 Å².